The van der Waals surface area contributed by atoms with Crippen molar-refractivity contribution in [3.8, 4) is 0 Å². The van der Waals surface area contributed by atoms with E-state index in [1.165, 1.54) is 11.3 Å². The Morgan fingerprint density at radius 3 is 2.86 bits per heavy atom. The van der Waals surface area contributed by atoms with Gasteiger partial charge in [0.15, 0.2) is 5.13 Å². The van der Waals surface area contributed by atoms with Gasteiger partial charge in [-0.2, -0.15) is 0 Å². The van der Waals surface area contributed by atoms with E-state index in [1.54, 1.807) is 5.38 Å². The maximum absolute atomic E-state index is 12.0. The molecule has 0 bridgehead atoms. The summed E-state index contributed by atoms with van der Waals surface area (Å²) in [7, 11) is 0. The fourth-order valence-electron chi connectivity index (χ4n) is 2.09. The summed E-state index contributed by atoms with van der Waals surface area (Å²) in [5.74, 6) is 0.0676. The smallest absolute Gasteiger partial charge is 0.230 e. The number of benzene rings is 1. The van der Waals surface area contributed by atoms with Crippen molar-refractivity contribution in [3.05, 3.63) is 40.9 Å². The maximum Gasteiger partial charge on any atom is 0.230 e. The summed E-state index contributed by atoms with van der Waals surface area (Å²) in [6, 6.07) is 7.65. The summed E-state index contributed by atoms with van der Waals surface area (Å²) < 4.78 is 0. The van der Waals surface area contributed by atoms with Crippen molar-refractivity contribution >= 4 is 34.0 Å². The fourth-order valence-corrected chi connectivity index (χ4v) is 2.80. The molecule has 2 aromatic rings. The molecule has 3 rings (SSSR count). The van der Waals surface area contributed by atoms with Crippen molar-refractivity contribution in [2.24, 2.45) is 5.92 Å². The lowest BCUT2D eigenvalue weighted by molar-refractivity contribution is -0.117. The van der Waals surface area contributed by atoms with E-state index in [1.807, 2.05) is 31.2 Å². The first-order valence-electron chi connectivity index (χ1n) is 7.22. The number of aryl methyl sites for hydroxylation is 1. The summed E-state index contributed by atoms with van der Waals surface area (Å²) in [5.41, 5.74) is 2.54. The molecule has 2 amide bonds. The van der Waals surface area contributed by atoms with Gasteiger partial charge in [0.2, 0.25) is 11.8 Å². The summed E-state index contributed by atoms with van der Waals surface area (Å²) >= 11 is 1.35. The number of aromatic nitrogens is 1. The third kappa shape index (κ3) is 3.92. The number of rotatable bonds is 5. The molecule has 0 saturated heterocycles. The van der Waals surface area contributed by atoms with Crippen molar-refractivity contribution in [2.75, 3.05) is 10.6 Å². The Morgan fingerprint density at radius 1 is 1.32 bits per heavy atom. The van der Waals surface area contributed by atoms with Crippen LogP contribution in [0.3, 0.4) is 0 Å². The molecule has 2 N–H and O–H groups in total. The van der Waals surface area contributed by atoms with Gasteiger partial charge in [-0.05, 0) is 37.5 Å². The van der Waals surface area contributed by atoms with Crippen LogP contribution in [0.5, 0.6) is 0 Å². The fraction of sp³-hybridized carbons (Fsp3) is 0.312. The molecule has 5 nitrogen and oxygen atoms in total. The number of thiazole rings is 1. The Labute approximate surface area is 132 Å². The van der Waals surface area contributed by atoms with E-state index < -0.39 is 0 Å². The molecule has 22 heavy (non-hydrogen) atoms. The third-order valence-electron chi connectivity index (χ3n) is 3.37. The number of carbonyl (C=O) groups is 2. The summed E-state index contributed by atoms with van der Waals surface area (Å²) in [6.45, 7) is 1.98. The molecular weight excluding hydrogens is 298 g/mol. The molecule has 114 valence electrons. The van der Waals surface area contributed by atoms with E-state index in [0.717, 1.165) is 24.1 Å². The quantitative estimate of drug-likeness (QED) is 0.891. The van der Waals surface area contributed by atoms with Crippen molar-refractivity contribution in [3.63, 3.8) is 0 Å². The van der Waals surface area contributed by atoms with Crippen LogP contribution in [-0.4, -0.2) is 16.8 Å². The number of carbonyl (C=O) groups excluding carboxylic acids is 2. The van der Waals surface area contributed by atoms with Crippen molar-refractivity contribution < 1.29 is 9.59 Å². The van der Waals surface area contributed by atoms with Crippen LogP contribution in [0.25, 0.3) is 0 Å². The molecule has 0 unspecified atom stereocenters. The van der Waals surface area contributed by atoms with Crippen LogP contribution in [0.2, 0.25) is 0 Å². The Kier molecular flexibility index (Phi) is 4.20. The molecule has 1 heterocycles. The largest absolute Gasteiger partial charge is 0.326 e. The van der Waals surface area contributed by atoms with Crippen LogP contribution in [0.1, 0.15) is 24.1 Å². The number of nitrogens with one attached hydrogen (secondary N) is 2. The number of hydrogen-bond acceptors (Lipinski definition) is 4. The first-order valence-corrected chi connectivity index (χ1v) is 8.10. The second-order valence-electron chi connectivity index (χ2n) is 5.50. The molecule has 1 aromatic heterocycles. The van der Waals surface area contributed by atoms with Gasteiger partial charge in [-0.3, -0.25) is 9.59 Å². The average molecular weight is 315 g/mol. The SMILES string of the molecule is Cc1cccc(NC(=O)Cc2csc(NC(=O)C3CC3)n2)c1. The van der Waals surface area contributed by atoms with Crippen LogP contribution in [-0.2, 0) is 16.0 Å². The normalized spacial score (nSPS) is 13.7. The molecule has 0 aliphatic heterocycles. The van der Waals surface area contributed by atoms with Crippen molar-refractivity contribution in [2.45, 2.75) is 26.2 Å². The number of amides is 2. The van der Waals surface area contributed by atoms with Gasteiger partial charge in [0, 0.05) is 17.0 Å². The molecule has 1 saturated carbocycles. The van der Waals surface area contributed by atoms with Gasteiger partial charge in [0.25, 0.3) is 0 Å². The number of anilines is 2. The summed E-state index contributed by atoms with van der Waals surface area (Å²) in [4.78, 5) is 27.9. The number of nitrogens with zero attached hydrogens (tertiary/aromatic N) is 1. The summed E-state index contributed by atoms with van der Waals surface area (Å²) in [5, 5.41) is 8.01. The maximum atomic E-state index is 12.0. The molecule has 0 radical (unpaired) electrons. The van der Waals surface area contributed by atoms with E-state index in [9.17, 15) is 9.59 Å². The second kappa shape index (κ2) is 6.27. The lowest BCUT2D eigenvalue weighted by atomic mass is 10.2. The minimum Gasteiger partial charge on any atom is -0.326 e. The summed E-state index contributed by atoms with van der Waals surface area (Å²) in [6.07, 6.45) is 2.12. The monoisotopic (exact) mass is 315 g/mol. The van der Waals surface area contributed by atoms with E-state index >= 15 is 0 Å². The molecule has 1 aromatic carbocycles. The first kappa shape index (κ1) is 14.7. The molecule has 0 atom stereocenters. The third-order valence-corrected chi connectivity index (χ3v) is 4.18. The minimum absolute atomic E-state index is 0.0325. The Hall–Kier alpha value is -2.21. The second-order valence-corrected chi connectivity index (χ2v) is 6.36. The van der Waals surface area contributed by atoms with Crippen LogP contribution in [0, 0.1) is 12.8 Å². The van der Waals surface area contributed by atoms with Crippen LogP contribution >= 0.6 is 11.3 Å². The van der Waals surface area contributed by atoms with Gasteiger partial charge in [-0.15, -0.1) is 11.3 Å². The van der Waals surface area contributed by atoms with Gasteiger partial charge in [0.05, 0.1) is 12.1 Å². The highest BCUT2D eigenvalue weighted by molar-refractivity contribution is 7.13. The van der Waals surface area contributed by atoms with Crippen LogP contribution in [0.4, 0.5) is 10.8 Å². The van der Waals surface area contributed by atoms with E-state index in [4.69, 9.17) is 0 Å². The van der Waals surface area contributed by atoms with Crippen molar-refractivity contribution in [1.82, 2.24) is 4.98 Å². The molecule has 6 heteroatoms. The van der Waals surface area contributed by atoms with E-state index in [0.29, 0.717) is 10.8 Å². The Bertz CT molecular complexity index is 707. The van der Waals surface area contributed by atoms with E-state index in [2.05, 4.69) is 15.6 Å². The Balaban J connectivity index is 1.55. The lowest BCUT2D eigenvalue weighted by Crippen LogP contribution is -2.15. The van der Waals surface area contributed by atoms with Gasteiger partial charge >= 0.3 is 0 Å². The highest BCUT2D eigenvalue weighted by Gasteiger charge is 2.30. The Morgan fingerprint density at radius 2 is 2.14 bits per heavy atom. The standard InChI is InChI=1S/C16H17N3O2S/c1-10-3-2-4-12(7-10)17-14(20)8-13-9-22-16(18-13)19-15(21)11-5-6-11/h2-4,7,9,11H,5-6,8H2,1H3,(H,17,20)(H,18,19,21). The molecule has 1 aliphatic rings. The lowest BCUT2D eigenvalue weighted by Gasteiger charge is -2.04. The predicted octanol–water partition coefficient (Wildman–Crippen LogP) is 2.98. The predicted molar refractivity (Wildman–Crippen MR) is 87.0 cm³/mol. The van der Waals surface area contributed by atoms with Gasteiger partial charge < -0.3 is 10.6 Å². The first-order chi connectivity index (χ1) is 10.6. The van der Waals surface area contributed by atoms with Gasteiger partial charge in [0.1, 0.15) is 0 Å². The minimum atomic E-state index is -0.115. The van der Waals surface area contributed by atoms with Crippen molar-refractivity contribution in [1.29, 1.82) is 0 Å². The highest BCUT2D eigenvalue weighted by atomic mass is 32.1. The van der Waals surface area contributed by atoms with Gasteiger partial charge in [-0.1, -0.05) is 12.1 Å². The average Bonchev–Trinajstić information content (AvgIpc) is 3.22. The zero-order chi connectivity index (χ0) is 15.5. The molecular formula is C16H17N3O2S. The van der Waals surface area contributed by atoms with Crippen LogP contribution in [0.15, 0.2) is 29.6 Å². The zero-order valence-corrected chi connectivity index (χ0v) is 13.1. The number of hydrogen-bond donors (Lipinski definition) is 2. The molecule has 0 spiro atoms. The van der Waals surface area contributed by atoms with E-state index in [-0.39, 0.29) is 24.2 Å². The molecule has 1 fully saturated rings. The highest BCUT2D eigenvalue weighted by Crippen LogP contribution is 2.30. The van der Waals surface area contributed by atoms with Crippen LogP contribution < -0.4 is 10.6 Å². The van der Waals surface area contributed by atoms with Gasteiger partial charge in [-0.25, -0.2) is 4.98 Å². The molecule has 1 aliphatic carbocycles. The topological polar surface area (TPSA) is 71.1 Å². The zero-order valence-electron chi connectivity index (χ0n) is 12.3.